The van der Waals surface area contributed by atoms with Crippen LogP contribution in [0.5, 0.6) is 5.88 Å². The summed E-state index contributed by atoms with van der Waals surface area (Å²) < 4.78 is 5.47. The Hall–Kier alpha value is -2.50. The van der Waals surface area contributed by atoms with Crippen molar-refractivity contribution >= 4 is 17.2 Å². The molecule has 1 saturated heterocycles. The third-order valence-electron chi connectivity index (χ3n) is 4.60. The normalized spacial score (nSPS) is 14.8. The Kier molecular flexibility index (Phi) is 4.74. The number of benzene rings is 1. The van der Waals surface area contributed by atoms with E-state index in [0.29, 0.717) is 18.2 Å². The predicted molar refractivity (Wildman–Crippen MR) is 98.0 cm³/mol. The number of nitrogen functional groups attached to an aromatic ring is 1. The van der Waals surface area contributed by atoms with Gasteiger partial charge in [0.15, 0.2) is 5.82 Å². The molecule has 0 radical (unpaired) electrons. The number of rotatable bonds is 4. The summed E-state index contributed by atoms with van der Waals surface area (Å²) in [6.45, 7) is 10.4. The molecule has 1 aromatic heterocycles. The van der Waals surface area contributed by atoms with Crippen LogP contribution in [0.3, 0.4) is 0 Å². The van der Waals surface area contributed by atoms with Gasteiger partial charge in [-0.25, -0.2) is 4.98 Å². The molecule has 24 heavy (non-hydrogen) atoms. The molecular formula is C18H25N5O. The molecule has 2 aromatic rings. The number of nitrogens with zero attached hydrogens (tertiary/aromatic N) is 4. The number of anilines is 3. The molecule has 2 heterocycles. The molecule has 1 aliphatic rings. The molecule has 6 heteroatoms. The van der Waals surface area contributed by atoms with Crippen molar-refractivity contribution in [3.63, 3.8) is 0 Å². The number of hydrogen-bond acceptors (Lipinski definition) is 6. The summed E-state index contributed by atoms with van der Waals surface area (Å²) in [7, 11) is 0. The third-order valence-corrected chi connectivity index (χ3v) is 4.60. The van der Waals surface area contributed by atoms with Crippen molar-refractivity contribution in [1.29, 1.82) is 0 Å². The van der Waals surface area contributed by atoms with Crippen LogP contribution in [0.2, 0.25) is 0 Å². The fourth-order valence-corrected chi connectivity index (χ4v) is 3.11. The highest BCUT2D eigenvalue weighted by molar-refractivity contribution is 5.68. The van der Waals surface area contributed by atoms with Crippen molar-refractivity contribution in [2.45, 2.75) is 20.8 Å². The van der Waals surface area contributed by atoms with Gasteiger partial charge in [-0.15, -0.1) is 0 Å². The monoisotopic (exact) mass is 327 g/mol. The van der Waals surface area contributed by atoms with E-state index in [1.54, 1.807) is 0 Å². The zero-order valence-corrected chi connectivity index (χ0v) is 14.6. The van der Waals surface area contributed by atoms with E-state index in [1.807, 2.05) is 6.92 Å². The lowest BCUT2D eigenvalue weighted by Crippen LogP contribution is -2.47. The van der Waals surface area contributed by atoms with Crippen LogP contribution in [0.25, 0.3) is 0 Å². The maximum atomic E-state index is 6.18. The van der Waals surface area contributed by atoms with E-state index in [2.05, 4.69) is 51.8 Å². The van der Waals surface area contributed by atoms with Crippen LogP contribution >= 0.6 is 0 Å². The minimum Gasteiger partial charge on any atom is -0.476 e. The summed E-state index contributed by atoms with van der Waals surface area (Å²) in [4.78, 5) is 13.1. The minimum atomic E-state index is 0.472. The van der Waals surface area contributed by atoms with Gasteiger partial charge in [-0.1, -0.05) is 12.1 Å². The first-order chi connectivity index (χ1) is 11.6. The van der Waals surface area contributed by atoms with Gasteiger partial charge in [0.2, 0.25) is 5.88 Å². The molecule has 1 aromatic carbocycles. The van der Waals surface area contributed by atoms with Gasteiger partial charge in [-0.3, -0.25) is 0 Å². The highest BCUT2D eigenvalue weighted by atomic mass is 16.5. The minimum absolute atomic E-state index is 0.472. The maximum Gasteiger partial charge on any atom is 0.242 e. The summed E-state index contributed by atoms with van der Waals surface area (Å²) in [5, 5.41) is 0. The van der Waals surface area contributed by atoms with Crippen LogP contribution in [0, 0.1) is 13.8 Å². The molecule has 0 bridgehead atoms. The van der Waals surface area contributed by atoms with Crippen LogP contribution in [0.1, 0.15) is 18.1 Å². The van der Waals surface area contributed by atoms with Crippen LogP contribution in [0.4, 0.5) is 17.2 Å². The molecule has 0 unspecified atom stereocenters. The predicted octanol–water partition coefficient (Wildman–Crippen LogP) is 2.40. The van der Waals surface area contributed by atoms with Crippen LogP contribution in [-0.2, 0) is 0 Å². The smallest absolute Gasteiger partial charge is 0.242 e. The quantitative estimate of drug-likeness (QED) is 0.930. The molecule has 6 nitrogen and oxygen atoms in total. The number of hydrogen-bond donors (Lipinski definition) is 1. The van der Waals surface area contributed by atoms with Gasteiger partial charge in [-0.2, -0.15) is 4.98 Å². The van der Waals surface area contributed by atoms with Crippen molar-refractivity contribution in [2.24, 2.45) is 0 Å². The fourth-order valence-electron chi connectivity index (χ4n) is 3.11. The number of nitrogens with two attached hydrogens (primary N) is 1. The Bertz CT molecular complexity index is 711. The zero-order valence-electron chi connectivity index (χ0n) is 14.6. The topological polar surface area (TPSA) is 67.5 Å². The standard InChI is InChI=1S/C18H25N5O/c1-4-24-18-16(19)17(20-12-21-18)23-10-8-22(9-11-23)15-7-5-6-13(2)14(15)3/h5-7,12H,4,8-11,19H2,1-3H3. The fraction of sp³-hybridized carbons (Fsp3) is 0.444. The van der Waals surface area contributed by atoms with Gasteiger partial charge < -0.3 is 20.3 Å². The summed E-state index contributed by atoms with van der Waals surface area (Å²) in [5.74, 6) is 1.24. The first-order valence-corrected chi connectivity index (χ1v) is 8.41. The zero-order chi connectivity index (χ0) is 17.1. The molecule has 0 spiro atoms. The second-order valence-electron chi connectivity index (χ2n) is 6.04. The number of ether oxygens (including phenoxy) is 1. The van der Waals surface area contributed by atoms with Gasteiger partial charge in [0.1, 0.15) is 12.0 Å². The van der Waals surface area contributed by atoms with Crippen molar-refractivity contribution in [3.8, 4) is 5.88 Å². The van der Waals surface area contributed by atoms with Crippen LogP contribution in [-0.4, -0.2) is 42.8 Å². The van der Waals surface area contributed by atoms with Crippen molar-refractivity contribution < 1.29 is 4.74 Å². The number of aryl methyl sites for hydroxylation is 1. The molecule has 0 aliphatic carbocycles. The van der Waals surface area contributed by atoms with Gasteiger partial charge in [0.25, 0.3) is 0 Å². The lowest BCUT2D eigenvalue weighted by Gasteiger charge is -2.38. The molecule has 1 fully saturated rings. The van der Waals surface area contributed by atoms with Crippen LogP contribution in [0.15, 0.2) is 24.5 Å². The summed E-state index contributed by atoms with van der Waals surface area (Å²) in [6, 6.07) is 6.48. The van der Waals surface area contributed by atoms with E-state index in [1.165, 1.54) is 23.1 Å². The Morgan fingerprint density at radius 3 is 2.50 bits per heavy atom. The average molecular weight is 327 g/mol. The molecule has 1 aliphatic heterocycles. The Labute approximate surface area is 143 Å². The first kappa shape index (κ1) is 16.4. The molecule has 0 atom stereocenters. The Morgan fingerprint density at radius 1 is 1.08 bits per heavy atom. The lowest BCUT2D eigenvalue weighted by molar-refractivity contribution is 0.328. The average Bonchev–Trinajstić information content (AvgIpc) is 2.60. The largest absolute Gasteiger partial charge is 0.476 e. The Morgan fingerprint density at radius 2 is 1.79 bits per heavy atom. The molecular weight excluding hydrogens is 302 g/mol. The van der Waals surface area contributed by atoms with Gasteiger partial charge in [0, 0.05) is 31.9 Å². The van der Waals surface area contributed by atoms with Crippen molar-refractivity contribution in [2.75, 3.05) is 48.3 Å². The summed E-state index contributed by atoms with van der Waals surface area (Å²) in [5.41, 5.74) is 10.7. The molecule has 2 N–H and O–H groups in total. The Balaban J connectivity index is 1.74. The van der Waals surface area contributed by atoms with E-state index in [9.17, 15) is 0 Å². The van der Waals surface area contributed by atoms with E-state index in [4.69, 9.17) is 10.5 Å². The van der Waals surface area contributed by atoms with Gasteiger partial charge >= 0.3 is 0 Å². The molecule has 0 amide bonds. The SMILES string of the molecule is CCOc1ncnc(N2CCN(c3cccc(C)c3C)CC2)c1N. The third kappa shape index (κ3) is 3.09. The second kappa shape index (κ2) is 6.95. The first-order valence-electron chi connectivity index (χ1n) is 8.41. The second-order valence-corrected chi connectivity index (χ2v) is 6.04. The number of aromatic nitrogens is 2. The van der Waals surface area contributed by atoms with Crippen molar-refractivity contribution in [3.05, 3.63) is 35.7 Å². The van der Waals surface area contributed by atoms with E-state index >= 15 is 0 Å². The van der Waals surface area contributed by atoms with Gasteiger partial charge in [-0.05, 0) is 38.0 Å². The highest BCUT2D eigenvalue weighted by Crippen LogP contribution is 2.30. The van der Waals surface area contributed by atoms with Crippen molar-refractivity contribution in [1.82, 2.24) is 9.97 Å². The van der Waals surface area contributed by atoms with Crippen LogP contribution < -0.4 is 20.3 Å². The highest BCUT2D eigenvalue weighted by Gasteiger charge is 2.22. The maximum absolute atomic E-state index is 6.18. The molecule has 3 rings (SSSR count). The van der Waals surface area contributed by atoms with E-state index < -0.39 is 0 Å². The van der Waals surface area contributed by atoms with E-state index in [-0.39, 0.29) is 0 Å². The van der Waals surface area contributed by atoms with Gasteiger partial charge in [0.05, 0.1) is 6.61 Å². The van der Waals surface area contributed by atoms with E-state index in [0.717, 1.165) is 32.0 Å². The summed E-state index contributed by atoms with van der Waals surface area (Å²) in [6.07, 6.45) is 1.52. The molecule has 128 valence electrons. The summed E-state index contributed by atoms with van der Waals surface area (Å²) >= 11 is 0. The molecule has 0 saturated carbocycles. The number of piperazine rings is 1. The lowest BCUT2D eigenvalue weighted by atomic mass is 10.1.